The quantitative estimate of drug-likeness (QED) is 0.338. The summed E-state index contributed by atoms with van der Waals surface area (Å²) in [6.45, 7) is 12.6. The van der Waals surface area contributed by atoms with Gasteiger partial charge in [-0.3, -0.25) is 9.69 Å². The molecule has 4 rings (SSSR count). The van der Waals surface area contributed by atoms with Crippen LogP contribution in [0, 0.1) is 11.8 Å². The number of likely N-dealkylation sites (tertiary alicyclic amines) is 1. The van der Waals surface area contributed by atoms with Gasteiger partial charge in [-0.05, 0) is 118 Å². The van der Waals surface area contributed by atoms with Crippen molar-refractivity contribution < 1.29 is 14.3 Å². The van der Waals surface area contributed by atoms with Gasteiger partial charge in [-0.25, -0.2) is 0 Å². The second-order valence-corrected chi connectivity index (χ2v) is 11.3. The van der Waals surface area contributed by atoms with Crippen molar-refractivity contribution in [2.45, 2.75) is 65.2 Å². The predicted octanol–water partition coefficient (Wildman–Crippen LogP) is 5.90. The van der Waals surface area contributed by atoms with Crippen molar-refractivity contribution in [3.8, 4) is 5.75 Å². The van der Waals surface area contributed by atoms with Crippen LogP contribution in [0.4, 0.5) is 5.69 Å². The number of rotatable bonds is 11. The summed E-state index contributed by atoms with van der Waals surface area (Å²) >= 11 is 6.26. The van der Waals surface area contributed by atoms with Gasteiger partial charge in [-0.15, -0.1) is 0 Å². The van der Waals surface area contributed by atoms with Gasteiger partial charge in [0.05, 0.1) is 5.41 Å². The van der Waals surface area contributed by atoms with E-state index in [9.17, 15) is 4.79 Å². The molecule has 0 aromatic heterocycles. The number of hydrogen-bond donors (Lipinski definition) is 2. The predicted molar refractivity (Wildman–Crippen MR) is 161 cm³/mol. The molecule has 2 atom stereocenters. The zero-order chi connectivity index (χ0) is 28.4. The van der Waals surface area contributed by atoms with Gasteiger partial charge in [0, 0.05) is 17.3 Å². The highest BCUT2D eigenvalue weighted by Crippen LogP contribution is 2.45. The molecule has 2 aliphatic rings. The molecule has 2 aliphatic heterocycles. The molecule has 1 spiro atoms. The van der Waals surface area contributed by atoms with Crippen LogP contribution in [0.3, 0.4) is 0 Å². The summed E-state index contributed by atoms with van der Waals surface area (Å²) in [6, 6.07) is 12.4. The number of nitrogens with zero attached hydrogens (tertiary/aromatic N) is 1. The van der Waals surface area contributed by atoms with Crippen molar-refractivity contribution in [2.24, 2.45) is 11.8 Å². The molecule has 39 heavy (non-hydrogen) atoms. The first kappa shape index (κ1) is 31.1. The number of halogens is 1. The van der Waals surface area contributed by atoms with E-state index >= 15 is 0 Å². The van der Waals surface area contributed by atoms with Crippen molar-refractivity contribution >= 4 is 29.5 Å². The molecular formula is C32H46ClN3O3. The van der Waals surface area contributed by atoms with Gasteiger partial charge in [-0.2, -0.15) is 0 Å². The molecule has 1 saturated heterocycles. The Morgan fingerprint density at radius 2 is 1.87 bits per heavy atom. The molecule has 214 valence electrons. The normalized spacial score (nSPS) is 17.5. The molecule has 0 radical (unpaired) electrons. The highest BCUT2D eigenvalue weighted by molar-refractivity contribution is 6.31. The van der Waals surface area contributed by atoms with Gasteiger partial charge < -0.3 is 20.2 Å². The number of hydrogen-bond acceptors (Lipinski definition) is 5. The van der Waals surface area contributed by atoms with Crippen LogP contribution in [0.1, 0.15) is 63.6 Å². The Labute approximate surface area is 239 Å². The lowest BCUT2D eigenvalue weighted by atomic mass is 9.73. The molecule has 2 aromatic rings. The number of carbonyl (C=O) groups is 2. The van der Waals surface area contributed by atoms with Crippen LogP contribution in [-0.2, 0) is 27.8 Å². The molecule has 2 N–H and O–H groups in total. The van der Waals surface area contributed by atoms with Crippen LogP contribution in [0.2, 0.25) is 5.02 Å². The Morgan fingerprint density at radius 3 is 2.51 bits per heavy atom. The summed E-state index contributed by atoms with van der Waals surface area (Å²) in [5, 5.41) is 7.14. The number of piperidine rings is 1. The van der Waals surface area contributed by atoms with E-state index < -0.39 is 5.41 Å². The molecule has 1 amide bonds. The number of aldehydes is 1. The van der Waals surface area contributed by atoms with E-state index in [0.29, 0.717) is 23.5 Å². The number of amides is 1. The SMILES string of the molecule is CC=O.CCc1ccc(OCCN2CCC3(CC2)C(=O)Nc2ccc(Cl)cc23)cc1CC(CNC)C(C)CC. The third kappa shape index (κ3) is 7.62. The van der Waals surface area contributed by atoms with E-state index in [2.05, 4.69) is 54.5 Å². The van der Waals surface area contributed by atoms with Crippen LogP contribution >= 0.6 is 11.6 Å². The molecule has 0 aliphatic carbocycles. The van der Waals surface area contributed by atoms with Gasteiger partial charge in [0.15, 0.2) is 0 Å². The molecular weight excluding hydrogens is 510 g/mol. The highest BCUT2D eigenvalue weighted by Gasteiger charge is 2.48. The van der Waals surface area contributed by atoms with Gasteiger partial charge >= 0.3 is 0 Å². The van der Waals surface area contributed by atoms with Crippen LogP contribution < -0.4 is 15.4 Å². The molecule has 2 unspecified atom stereocenters. The minimum absolute atomic E-state index is 0.119. The maximum atomic E-state index is 12.9. The Morgan fingerprint density at radius 1 is 1.15 bits per heavy atom. The average molecular weight is 556 g/mol. The molecule has 1 fully saturated rings. The summed E-state index contributed by atoms with van der Waals surface area (Å²) in [6.07, 6.45) is 5.69. The van der Waals surface area contributed by atoms with E-state index in [1.165, 1.54) is 24.5 Å². The van der Waals surface area contributed by atoms with E-state index in [1.54, 1.807) is 0 Å². The van der Waals surface area contributed by atoms with Crippen LogP contribution in [0.25, 0.3) is 0 Å². The number of anilines is 1. The standard InChI is InChI=1S/C30H42ClN3O2.C2H4O/c1-5-21(3)24(20-32-4)17-23-18-26(9-7-22(23)6-2)36-16-15-34-13-11-30(12-14-34)27-19-25(31)8-10-28(27)33-29(30)35;1-2-3/h7-10,18-19,21,24,32H,5-6,11-17,20H2,1-4H3,(H,33,35);2H,1H3. The fourth-order valence-corrected chi connectivity index (χ4v) is 6.08. The Bertz CT molecular complexity index is 1100. The second-order valence-electron chi connectivity index (χ2n) is 10.8. The topological polar surface area (TPSA) is 70.7 Å². The van der Waals surface area contributed by atoms with Crippen molar-refractivity contribution in [1.29, 1.82) is 0 Å². The lowest BCUT2D eigenvalue weighted by molar-refractivity contribution is -0.122. The first-order valence-electron chi connectivity index (χ1n) is 14.4. The Hall–Kier alpha value is -2.41. The lowest BCUT2D eigenvalue weighted by Gasteiger charge is -2.38. The van der Waals surface area contributed by atoms with E-state index in [4.69, 9.17) is 21.1 Å². The van der Waals surface area contributed by atoms with Crippen molar-refractivity contribution in [1.82, 2.24) is 10.2 Å². The molecule has 0 bridgehead atoms. The van der Waals surface area contributed by atoms with Crippen molar-refractivity contribution in [3.63, 3.8) is 0 Å². The van der Waals surface area contributed by atoms with Crippen LogP contribution in [-0.4, -0.2) is 56.9 Å². The van der Waals surface area contributed by atoms with Gasteiger partial charge in [0.2, 0.25) is 5.91 Å². The average Bonchev–Trinajstić information content (AvgIpc) is 3.19. The number of fused-ring (bicyclic) bond motifs is 2. The van der Waals surface area contributed by atoms with E-state index in [-0.39, 0.29) is 5.91 Å². The maximum absolute atomic E-state index is 12.9. The third-order valence-corrected chi connectivity index (χ3v) is 8.76. The fraction of sp³-hybridized carbons (Fsp3) is 0.562. The second kappa shape index (κ2) is 14.8. The summed E-state index contributed by atoms with van der Waals surface area (Å²) in [5.41, 5.74) is 4.37. The highest BCUT2D eigenvalue weighted by atomic mass is 35.5. The summed E-state index contributed by atoms with van der Waals surface area (Å²) in [5.74, 6) is 2.38. The molecule has 2 aromatic carbocycles. The van der Waals surface area contributed by atoms with Crippen molar-refractivity contribution in [2.75, 3.05) is 45.2 Å². The first-order valence-corrected chi connectivity index (χ1v) is 14.8. The van der Waals surface area contributed by atoms with Gasteiger partial charge in [0.1, 0.15) is 18.6 Å². The van der Waals surface area contributed by atoms with Gasteiger partial charge in [-0.1, -0.05) is 44.9 Å². The number of aryl methyl sites for hydroxylation is 1. The number of ether oxygens (including phenoxy) is 1. The fourth-order valence-electron chi connectivity index (χ4n) is 5.91. The summed E-state index contributed by atoms with van der Waals surface area (Å²) in [7, 11) is 2.05. The number of nitrogens with one attached hydrogen (secondary N) is 2. The molecule has 6 nitrogen and oxygen atoms in total. The Kier molecular flexibility index (Phi) is 11.8. The number of carbonyl (C=O) groups excluding carboxylic acids is 2. The smallest absolute Gasteiger partial charge is 0.235 e. The molecule has 0 saturated carbocycles. The monoisotopic (exact) mass is 555 g/mol. The van der Waals surface area contributed by atoms with E-state index in [1.807, 2.05) is 25.2 Å². The maximum Gasteiger partial charge on any atom is 0.235 e. The van der Waals surface area contributed by atoms with Crippen LogP contribution in [0.15, 0.2) is 36.4 Å². The summed E-state index contributed by atoms with van der Waals surface area (Å²) < 4.78 is 6.23. The zero-order valence-corrected chi connectivity index (χ0v) is 25.1. The first-order chi connectivity index (χ1) is 18.8. The molecule has 7 heteroatoms. The third-order valence-electron chi connectivity index (χ3n) is 8.52. The van der Waals surface area contributed by atoms with E-state index in [0.717, 1.165) is 75.1 Å². The summed E-state index contributed by atoms with van der Waals surface area (Å²) in [4.78, 5) is 24.1. The van der Waals surface area contributed by atoms with Gasteiger partial charge in [0.25, 0.3) is 0 Å². The number of benzene rings is 2. The minimum Gasteiger partial charge on any atom is -0.492 e. The zero-order valence-electron chi connectivity index (χ0n) is 24.3. The minimum atomic E-state index is -0.442. The Balaban J connectivity index is 0.00000134. The lowest BCUT2D eigenvalue weighted by Crippen LogP contribution is -2.47. The molecule has 2 heterocycles. The van der Waals surface area contributed by atoms with Crippen molar-refractivity contribution in [3.05, 3.63) is 58.1 Å². The largest absolute Gasteiger partial charge is 0.492 e. The van der Waals surface area contributed by atoms with Crippen LogP contribution in [0.5, 0.6) is 5.75 Å².